The predicted molar refractivity (Wildman–Crippen MR) is 118 cm³/mol. The van der Waals surface area contributed by atoms with Crippen LogP contribution in [0.1, 0.15) is 28.2 Å². The fraction of sp³-hybridized carbons (Fsp3) is 0.231. The molecule has 3 aromatic carbocycles. The molecule has 4 heteroatoms. The highest BCUT2D eigenvalue weighted by Gasteiger charge is 2.20. The van der Waals surface area contributed by atoms with E-state index in [2.05, 4.69) is 12.1 Å². The van der Waals surface area contributed by atoms with Crippen molar-refractivity contribution in [1.29, 1.82) is 0 Å². The van der Waals surface area contributed by atoms with Gasteiger partial charge in [0.05, 0.1) is 12.3 Å². The van der Waals surface area contributed by atoms with Gasteiger partial charge < -0.3 is 10.0 Å². The summed E-state index contributed by atoms with van der Waals surface area (Å²) in [6, 6.07) is 27.1. The molecule has 1 N–H and O–H groups in total. The molecule has 154 valence electrons. The lowest BCUT2D eigenvalue weighted by atomic mass is 9.91. The Morgan fingerprint density at radius 1 is 0.800 bits per heavy atom. The van der Waals surface area contributed by atoms with Crippen LogP contribution >= 0.6 is 0 Å². The topological polar surface area (TPSA) is 57.6 Å². The van der Waals surface area contributed by atoms with Crippen LogP contribution in [-0.4, -0.2) is 35.5 Å². The van der Waals surface area contributed by atoms with E-state index in [1.54, 1.807) is 4.90 Å². The smallest absolute Gasteiger partial charge is 0.311 e. The number of hydrogen-bond donors (Lipinski definition) is 1. The number of carbonyl (C=O) groups is 2. The number of aliphatic carboxylic acids is 1. The monoisotopic (exact) mass is 401 g/mol. The van der Waals surface area contributed by atoms with Gasteiger partial charge in [0.15, 0.2) is 0 Å². The number of nitrogens with zero attached hydrogens (tertiary/aromatic N) is 1. The van der Waals surface area contributed by atoms with Gasteiger partial charge >= 0.3 is 5.97 Å². The van der Waals surface area contributed by atoms with Crippen molar-refractivity contribution >= 4 is 11.9 Å². The average molecular weight is 402 g/mol. The molecular weight excluding hydrogens is 374 g/mol. The van der Waals surface area contributed by atoms with Crippen molar-refractivity contribution in [3.05, 3.63) is 107 Å². The largest absolute Gasteiger partial charge is 0.481 e. The van der Waals surface area contributed by atoms with Gasteiger partial charge in [-0.3, -0.25) is 9.59 Å². The molecule has 0 radical (unpaired) electrons. The van der Waals surface area contributed by atoms with Crippen molar-refractivity contribution in [2.45, 2.75) is 25.2 Å². The number of benzene rings is 3. The number of carboxylic acid groups (broad SMARTS) is 1. The van der Waals surface area contributed by atoms with E-state index in [1.165, 1.54) is 5.56 Å². The molecule has 1 unspecified atom stereocenters. The van der Waals surface area contributed by atoms with Crippen LogP contribution in [0.25, 0.3) is 0 Å². The summed E-state index contributed by atoms with van der Waals surface area (Å²) < 4.78 is 0. The molecule has 0 bridgehead atoms. The first-order valence-corrected chi connectivity index (χ1v) is 10.2. The third-order valence-corrected chi connectivity index (χ3v) is 5.32. The van der Waals surface area contributed by atoms with Crippen LogP contribution in [-0.2, 0) is 28.9 Å². The summed E-state index contributed by atoms with van der Waals surface area (Å²) in [4.78, 5) is 26.0. The molecule has 0 saturated heterocycles. The highest BCUT2D eigenvalue weighted by Crippen LogP contribution is 2.21. The summed E-state index contributed by atoms with van der Waals surface area (Å²) >= 11 is 0. The zero-order valence-electron chi connectivity index (χ0n) is 17.2. The van der Waals surface area contributed by atoms with Crippen molar-refractivity contribution in [1.82, 2.24) is 4.90 Å². The van der Waals surface area contributed by atoms with Gasteiger partial charge in [-0.2, -0.15) is 0 Å². The summed E-state index contributed by atoms with van der Waals surface area (Å²) in [5.41, 5.74) is 3.89. The number of amides is 1. The Morgan fingerprint density at radius 3 is 1.97 bits per heavy atom. The standard InChI is InChI=1S/C26H27NO3/c1-27(17-16-20-8-4-2-5-9-20)25(28)19-22-14-12-21(13-15-22)18-24(26(29)30)23-10-6-3-7-11-23/h2-15,24H,16-19H2,1H3,(H,29,30). The van der Waals surface area contributed by atoms with Crippen LogP contribution in [0, 0.1) is 0 Å². The molecule has 0 aliphatic carbocycles. The molecule has 0 aliphatic rings. The summed E-state index contributed by atoms with van der Waals surface area (Å²) in [6.45, 7) is 0.679. The highest BCUT2D eigenvalue weighted by molar-refractivity contribution is 5.78. The van der Waals surface area contributed by atoms with E-state index in [0.717, 1.165) is 23.1 Å². The molecule has 3 aromatic rings. The number of likely N-dealkylation sites (N-methyl/N-ethyl adjacent to an activating group) is 1. The molecule has 0 spiro atoms. The Bertz CT molecular complexity index is 953. The SMILES string of the molecule is CN(CCc1ccccc1)C(=O)Cc1ccc(CC(C(=O)O)c2ccccc2)cc1. The van der Waals surface area contributed by atoms with E-state index in [9.17, 15) is 14.7 Å². The maximum Gasteiger partial charge on any atom is 0.311 e. The van der Waals surface area contributed by atoms with Gasteiger partial charge in [-0.25, -0.2) is 0 Å². The zero-order chi connectivity index (χ0) is 21.3. The predicted octanol–water partition coefficient (Wildman–Crippen LogP) is 4.34. The minimum absolute atomic E-state index is 0.0754. The number of carbonyl (C=O) groups excluding carboxylic acids is 1. The van der Waals surface area contributed by atoms with Crippen LogP contribution in [0.15, 0.2) is 84.9 Å². The van der Waals surface area contributed by atoms with Crippen LogP contribution in [0.2, 0.25) is 0 Å². The first kappa shape index (κ1) is 21.3. The molecule has 0 aromatic heterocycles. The molecule has 0 aliphatic heterocycles. The molecule has 0 heterocycles. The number of carboxylic acids is 1. The Labute approximate surface area is 177 Å². The van der Waals surface area contributed by atoms with Crippen LogP contribution < -0.4 is 0 Å². The van der Waals surface area contributed by atoms with Crippen LogP contribution in [0.3, 0.4) is 0 Å². The Kier molecular flexibility index (Phi) is 7.39. The van der Waals surface area contributed by atoms with Gasteiger partial charge in [-0.05, 0) is 35.1 Å². The fourth-order valence-corrected chi connectivity index (χ4v) is 3.44. The molecule has 0 fully saturated rings. The van der Waals surface area contributed by atoms with Gasteiger partial charge in [0.2, 0.25) is 5.91 Å². The van der Waals surface area contributed by atoms with Gasteiger partial charge in [-0.1, -0.05) is 84.9 Å². The first-order chi connectivity index (χ1) is 14.5. The fourth-order valence-electron chi connectivity index (χ4n) is 3.44. The molecule has 30 heavy (non-hydrogen) atoms. The van der Waals surface area contributed by atoms with Gasteiger partial charge in [0.25, 0.3) is 0 Å². The second kappa shape index (κ2) is 10.4. The average Bonchev–Trinajstić information content (AvgIpc) is 2.78. The molecular formula is C26H27NO3. The molecule has 0 saturated carbocycles. The van der Waals surface area contributed by atoms with Crippen molar-refractivity contribution in [3.8, 4) is 0 Å². The maximum absolute atomic E-state index is 12.5. The third kappa shape index (κ3) is 6.05. The first-order valence-electron chi connectivity index (χ1n) is 10.2. The lowest BCUT2D eigenvalue weighted by Crippen LogP contribution is -2.30. The van der Waals surface area contributed by atoms with Crippen LogP contribution in [0.5, 0.6) is 0 Å². The van der Waals surface area contributed by atoms with E-state index in [-0.39, 0.29) is 5.91 Å². The van der Waals surface area contributed by atoms with Crippen LogP contribution in [0.4, 0.5) is 0 Å². The van der Waals surface area contributed by atoms with Gasteiger partial charge in [-0.15, -0.1) is 0 Å². The molecule has 1 atom stereocenters. The minimum Gasteiger partial charge on any atom is -0.481 e. The van der Waals surface area contributed by atoms with E-state index < -0.39 is 11.9 Å². The Balaban J connectivity index is 1.55. The highest BCUT2D eigenvalue weighted by atomic mass is 16.4. The molecule has 4 nitrogen and oxygen atoms in total. The quantitative estimate of drug-likeness (QED) is 0.580. The number of hydrogen-bond acceptors (Lipinski definition) is 2. The lowest BCUT2D eigenvalue weighted by Gasteiger charge is -2.17. The van der Waals surface area contributed by atoms with E-state index >= 15 is 0 Å². The Morgan fingerprint density at radius 2 is 1.37 bits per heavy atom. The van der Waals surface area contributed by atoms with Crippen molar-refractivity contribution in [2.75, 3.05) is 13.6 Å². The van der Waals surface area contributed by atoms with Crippen molar-refractivity contribution in [2.24, 2.45) is 0 Å². The van der Waals surface area contributed by atoms with E-state index in [4.69, 9.17) is 0 Å². The van der Waals surface area contributed by atoms with Gasteiger partial charge in [0, 0.05) is 13.6 Å². The second-order valence-corrected chi connectivity index (χ2v) is 7.55. The third-order valence-electron chi connectivity index (χ3n) is 5.32. The summed E-state index contributed by atoms with van der Waals surface area (Å²) in [5, 5.41) is 9.61. The summed E-state index contributed by atoms with van der Waals surface area (Å²) in [7, 11) is 1.83. The summed E-state index contributed by atoms with van der Waals surface area (Å²) in [5.74, 6) is -1.34. The maximum atomic E-state index is 12.5. The zero-order valence-corrected chi connectivity index (χ0v) is 17.2. The van der Waals surface area contributed by atoms with E-state index in [1.807, 2.05) is 79.8 Å². The molecule has 3 rings (SSSR count). The van der Waals surface area contributed by atoms with Gasteiger partial charge in [0.1, 0.15) is 0 Å². The normalized spacial score (nSPS) is 11.6. The lowest BCUT2D eigenvalue weighted by molar-refractivity contribution is -0.138. The van der Waals surface area contributed by atoms with Crippen molar-refractivity contribution in [3.63, 3.8) is 0 Å². The minimum atomic E-state index is -0.833. The van der Waals surface area contributed by atoms with Crippen molar-refractivity contribution < 1.29 is 14.7 Å². The second-order valence-electron chi connectivity index (χ2n) is 7.55. The molecule has 1 amide bonds. The summed E-state index contributed by atoms with van der Waals surface area (Å²) in [6.07, 6.45) is 1.59. The van der Waals surface area contributed by atoms with E-state index in [0.29, 0.717) is 19.4 Å². The Hall–Kier alpha value is -3.40. The number of rotatable bonds is 9.